The molecule has 0 spiro atoms. The first-order chi connectivity index (χ1) is 16.4. The molecule has 3 aromatic carbocycles. The lowest BCUT2D eigenvalue weighted by Crippen LogP contribution is -2.41. The van der Waals surface area contributed by atoms with Crippen LogP contribution in [0.25, 0.3) is 0 Å². The second-order valence-electron chi connectivity index (χ2n) is 7.64. The fourth-order valence-electron chi connectivity index (χ4n) is 3.24. The normalized spacial score (nSPS) is 11.1. The summed E-state index contributed by atoms with van der Waals surface area (Å²) in [5, 5.41) is 2.74. The van der Waals surface area contributed by atoms with E-state index in [0.717, 1.165) is 15.4 Å². The molecule has 3 rings (SSSR count). The Hall–Kier alpha value is -3.36. The van der Waals surface area contributed by atoms with Gasteiger partial charge in [-0.15, -0.1) is 0 Å². The summed E-state index contributed by atoms with van der Waals surface area (Å²) in [6, 6.07) is 22.9. The van der Waals surface area contributed by atoms with Crippen molar-refractivity contribution in [2.45, 2.75) is 25.3 Å². The number of carbonyl (C=O) groups excluding carboxylic acids is 1. The molecular formula is C26H30N2O5S. The molecule has 0 aliphatic carbocycles. The van der Waals surface area contributed by atoms with Crippen molar-refractivity contribution < 1.29 is 22.7 Å². The van der Waals surface area contributed by atoms with Crippen LogP contribution >= 0.6 is 0 Å². The fraction of sp³-hybridized carbons (Fsp3) is 0.269. The molecule has 0 radical (unpaired) electrons. The summed E-state index contributed by atoms with van der Waals surface area (Å²) in [6.45, 7) is 4.92. The summed E-state index contributed by atoms with van der Waals surface area (Å²) >= 11 is 0. The molecule has 0 aliphatic rings. The van der Waals surface area contributed by atoms with Crippen molar-refractivity contribution in [1.82, 2.24) is 5.32 Å². The third-order valence-corrected chi connectivity index (χ3v) is 6.80. The molecular weight excluding hydrogens is 452 g/mol. The second kappa shape index (κ2) is 12.2. The molecule has 8 heteroatoms. The predicted octanol–water partition coefficient (Wildman–Crippen LogP) is 3.92. The quantitative estimate of drug-likeness (QED) is 0.396. The molecule has 1 amide bonds. The summed E-state index contributed by atoms with van der Waals surface area (Å²) in [6.07, 6.45) is 0. The number of rotatable bonds is 12. The summed E-state index contributed by atoms with van der Waals surface area (Å²) in [5.41, 5.74) is 2.36. The van der Waals surface area contributed by atoms with Gasteiger partial charge >= 0.3 is 0 Å². The van der Waals surface area contributed by atoms with Crippen molar-refractivity contribution in [2.75, 3.05) is 30.6 Å². The van der Waals surface area contributed by atoms with Gasteiger partial charge in [0.2, 0.25) is 5.91 Å². The molecule has 3 aromatic rings. The Morgan fingerprint density at radius 2 is 1.62 bits per heavy atom. The van der Waals surface area contributed by atoms with E-state index in [1.807, 2.05) is 44.2 Å². The Labute approximate surface area is 201 Å². The van der Waals surface area contributed by atoms with E-state index in [4.69, 9.17) is 9.47 Å². The van der Waals surface area contributed by atoms with Crippen LogP contribution in [0.3, 0.4) is 0 Å². The van der Waals surface area contributed by atoms with Crippen LogP contribution in [0.2, 0.25) is 0 Å². The molecule has 1 N–H and O–H groups in total. The summed E-state index contributed by atoms with van der Waals surface area (Å²) in [5.74, 6) is 0.201. The van der Waals surface area contributed by atoms with E-state index in [1.54, 1.807) is 48.5 Å². The van der Waals surface area contributed by atoms with Gasteiger partial charge in [0.15, 0.2) is 0 Å². The topological polar surface area (TPSA) is 84.9 Å². The number of nitrogens with zero attached hydrogens (tertiary/aromatic N) is 1. The number of sulfonamides is 1. The zero-order valence-electron chi connectivity index (χ0n) is 19.4. The highest BCUT2D eigenvalue weighted by molar-refractivity contribution is 7.92. The van der Waals surface area contributed by atoms with Crippen LogP contribution in [0.5, 0.6) is 5.75 Å². The van der Waals surface area contributed by atoms with Crippen molar-refractivity contribution in [3.8, 4) is 5.75 Å². The number of anilines is 1. The number of amides is 1. The number of nitrogens with one attached hydrogen (secondary N) is 1. The molecule has 0 aromatic heterocycles. The Kier molecular flexibility index (Phi) is 9.07. The third-order valence-electron chi connectivity index (χ3n) is 5.01. The molecule has 7 nitrogen and oxygen atoms in total. The van der Waals surface area contributed by atoms with Crippen molar-refractivity contribution in [1.29, 1.82) is 0 Å². The predicted molar refractivity (Wildman–Crippen MR) is 132 cm³/mol. The maximum Gasteiger partial charge on any atom is 0.264 e. The molecule has 0 unspecified atom stereocenters. The van der Waals surface area contributed by atoms with Crippen LogP contribution < -0.4 is 14.4 Å². The largest absolute Gasteiger partial charge is 0.494 e. The first-order valence-corrected chi connectivity index (χ1v) is 12.5. The van der Waals surface area contributed by atoms with E-state index in [0.29, 0.717) is 31.3 Å². The molecule has 180 valence electrons. The SMILES string of the molecule is CCOc1ccc(N(CC(=O)NCCOCc2ccccc2)S(=O)(=O)c2ccc(C)cc2)cc1. The number of carbonyl (C=O) groups is 1. The minimum absolute atomic E-state index is 0.117. The average molecular weight is 483 g/mol. The Morgan fingerprint density at radius 3 is 2.26 bits per heavy atom. The number of aryl methyl sites for hydroxylation is 1. The van der Waals surface area contributed by atoms with E-state index in [9.17, 15) is 13.2 Å². The van der Waals surface area contributed by atoms with Crippen LogP contribution in [-0.4, -0.2) is 40.6 Å². The van der Waals surface area contributed by atoms with Gasteiger partial charge in [0.25, 0.3) is 10.0 Å². The molecule has 0 saturated carbocycles. The summed E-state index contributed by atoms with van der Waals surface area (Å²) in [7, 11) is -3.96. The van der Waals surface area contributed by atoms with Crippen LogP contribution in [0.1, 0.15) is 18.1 Å². The zero-order chi connectivity index (χ0) is 24.4. The highest BCUT2D eigenvalue weighted by atomic mass is 32.2. The Bertz CT molecular complexity index is 1150. The minimum Gasteiger partial charge on any atom is -0.494 e. The smallest absolute Gasteiger partial charge is 0.264 e. The lowest BCUT2D eigenvalue weighted by atomic mass is 10.2. The molecule has 0 bridgehead atoms. The number of hydrogen-bond donors (Lipinski definition) is 1. The summed E-state index contributed by atoms with van der Waals surface area (Å²) in [4.78, 5) is 12.8. The van der Waals surface area contributed by atoms with Crippen LogP contribution in [-0.2, 0) is 26.2 Å². The third kappa shape index (κ3) is 7.07. The van der Waals surface area contributed by atoms with Crippen molar-refractivity contribution in [3.63, 3.8) is 0 Å². The molecule has 0 saturated heterocycles. The standard InChI is InChI=1S/C26H30N2O5S/c1-3-33-24-13-11-23(12-14-24)28(34(30,31)25-15-9-21(2)10-16-25)19-26(29)27-17-18-32-20-22-7-5-4-6-8-22/h4-16H,3,17-20H2,1-2H3,(H,27,29). The molecule has 0 fully saturated rings. The van der Waals surface area contributed by atoms with Crippen LogP contribution in [0.15, 0.2) is 83.8 Å². The molecule has 34 heavy (non-hydrogen) atoms. The van der Waals surface area contributed by atoms with Crippen LogP contribution in [0, 0.1) is 6.92 Å². The maximum absolute atomic E-state index is 13.4. The first kappa shape index (κ1) is 25.3. The van der Waals surface area contributed by atoms with E-state index >= 15 is 0 Å². The van der Waals surface area contributed by atoms with Gasteiger partial charge < -0.3 is 14.8 Å². The van der Waals surface area contributed by atoms with Gasteiger partial charge in [-0.05, 0) is 55.8 Å². The van der Waals surface area contributed by atoms with Crippen molar-refractivity contribution in [3.05, 3.63) is 90.0 Å². The minimum atomic E-state index is -3.96. The van der Waals surface area contributed by atoms with Gasteiger partial charge in [0.1, 0.15) is 12.3 Å². The van der Waals surface area contributed by atoms with Crippen molar-refractivity contribution in [2.24, 2.45) is 0 Å². The first-order valence-electron chi connectivity index (χ1n) is 11.1. The van der Waals surface area contributed by atoms with Gasteiger partial charge in [-0.3, -0.25) is 9.10 Å². The highest BCUT2D eigenvalue weighted by Gasteiger charge is 2.27. The maximum atomic E-state index is 13.4. The van der Waals surface area contributed by atoms with E-state index in [2.05, 4.69) is 5.32 Å². The lowest BCUT2D eigenvalue weighted by molar-refractivity contribution is -0.119. The Morgan fingerprint density at radius 1 is 0.941 bits per heavy atom. The highest BCUT2D eigenvalue weighted by Crippen LogP contribution is 2.26. The lowest BCUT2D eigenvalue weighted by Gasteiger charge is -2.24. The van der Waals surface area contributed by atoms with Crippen molar-refractivity contribution >= 4 is 21.6 Å². The Balaban J connectivity index is 1.67. The van der Waals surface area contributed by atoms with E-state index in [1.165, 1.54) is 0 Å². The fourth-order valence-corrected chi connectivity index (χ4v) is 4.66. The van der Waals surface area contributed by atoms with E-state index < -0.39 is 15.9 Å². The number of hydrogen-bond acceptors (Lipinski definition) is 5. The second-order valence-corrected chi connectivity index (χ2v) is 9.50. The van der Waals surface area contributed by atoms with Gasteiger partial charge in [-0.1, -0.05) is 48.0 Å². The molecule has 0 heterocycles. The van der Waals surface area contributed by atoms with Gasteiger partial charge in [0, 0.05) is 6.54 Å². The van der Waals surface area contributed by atoms with E-state index in [-0.39, 0.29) is 18.0 Å². The monoisotopic (exact) mass is 482 g/mol. The summed E-state index contributed by atoms with van der Waals surface area (Å²) < 4.78 is 39.0. The number of ether oxygens (including phenoxy) is 2. The number of benzene rings is 3. The molecule has 0 atom stereocenters. The average Bonchev–Trinajstić information content (AvgIpc) is 2.84. The van der Waals surface area contributed by atoms with Gasteiger partial charge in [-0.25, -0.2) is 8.42 Å². The van der Waals surface area contributed by atoms with Crippen LogP contribution in [0.4, 0.5) is 5.69 Å². The molecule has 0 aliphatic heterocycles. The zero-order valence-corrected chi connectivity index (χ0v) is 20.3. The van der Waals surface area contributed by atoms with Gasteiger partial charge in [0.05, 0.1) is 30.4 Å². The van der Waals surface area contributed by atoms with Gasteiger partial charge in [-0.2, -0.15) is 0 Å².